The van der Waals surface area contributed by atoms with Crippen molar-refractivity contribution < 1.29 is 22.5 Å². The fourth-order valence-corrected chi connectivity index (χ4v) is 3.27. The summed E-state index contributed by atoms with van der Waals surface area (Å²) in [4.78, 5) is 16.6. The first-order valence-corrected chi connectivity index (χ1v) is 8.86. The highest BCUT2D eigenvalue weighted by atomic mass is 19.4. The van der Waals surface area contributed by atoms with Crippen molar-refractivity contribution in [2.24, 2.45) is 0 Å². The van der Waals surface area contributed by atoms with E-state index in [1.165, 1.54) is 12.1 Å². The molecular weight excluding hydrogens is 359 g/mol. The molecule has 2 heterocycles. The lowest BCUT2D eigenvalue weighted by Crippen LogP contribution is -2.35. The van der Waals surface area contributed by atoms with E-state index in [2.05, 4.69) is 10.1 Å². The van der Waals surface area contributed by atoms with Gasteiger partial charge in [-0.1, -0.05) is 5.16 Å². The van der Waals surface area contributed by atoms with Gasteiger partial charge in [0.2, 0.25) is 0 Å². The molecule has 5 nitrogen and oxygen atoms in total. The van der Waals surface area contributed by atoms with Gasteiger partial charge in [0.15, 0.2) is 0 Å². The molecule has 0 bridgehead atoms. The minimum Gasteiger partial charge on any atom is -0.361 e. The van der Waals surface area contributed by atoms with Crippen LogP contribution in [0.5, 0.6) is 0 Å². The van der Waals surface area contributed by atoms with E-state index in [4.69, 9.17) is 4.52 Å². The van der Waals surface area contributed by atoms with E-state index >= 15 is 0 Å². The number of nitrogens with zero attached hydrogens (tertiary/aromatic N) is 3. The van der Waals surface area contributed by atoms with E-state index < -0.39 is 11.7 Å². The third-order valence-corrected chi connectivity index (χ3v) is 4.90. The van der Waals surface area contributed by atoms with Crippen LogP contribution in [-0.4, -0.2) is 47.0 Å². The molecule has 1 aromatic heterocycles. The van der Waals surface area contributed by atoms with Crippen LogP contribution in [0.2, 0.25) is 0 Å². The van der Waals surface area contributed by atoms with Crippen LogP contribution >= 0.6 is 0 Å². The topological polar surface area (TPSA) is 49.6 Å². The third kappa shape index (κ3) is 4.50. The summed E-state index contributed by atoms with van der Waals surface area (Å²) < 4.78 is 43.2. The van der Waals surface area contributed by atoms with Crippen LogP contribution in [0, 0.1) is 13.8 Å². The molecule has 1 aromatic carbocycles. The number of carbonyl (C=O) groups excluding carboxylic acids is 1. The van der Waals surface area contributed by atoms with Gasteiger partial charge in [-0.25, -0.2) is 0 Å². The summed E-state index contributed by atoms with van der Waals surface area (Å²) in [6.45, 7) is 7.14. The first-order valence-electron chi connectivity index (χ1n) is 8.86. The average Bonchev–Trinajstić information content (AvgIpc) is 2.83. The normalized spacial score (nSPS) is 16.4. The molecule has 27 heavy (non-hydrogen) atoms. The van der Waals surface area contributed by atoms with E-state index in [1.807, 2.05) is 13.8 Å². The van der Waals surface area contributed by atoms with E-state index in [0.717, 1.165) is 42.1 Å². The van der Waals surface area contributed by atoms with Crippen LogP contribution in [0.15, 0.2) is 28.8 Å². The zero-order valence-corrected chi connectivity index (χ0v) is 15.3. The highest BCUT2D eigenvalue weighted by Crippen LogP contribution is 2.29. The summed E-state index contributed by atoms with van der Waals surface area (Å²) in [5, 5.41) is 3.97. The number of halogens is 3. The van der Waals surface area contributed by atoms with Gasteiger partial charge in [0.05, 0.1) is 11.3 Å². The maximum atomic E-state index is 12.7. The number of hydrogen-bond donors (Lipinski definition) is 0. The van der Waals surface area contributed by atoms with Crippen LogP contribution in [0.1, 0.15) is 39.4 Å². The van der Waals surface area contributed by atoms with Gasteiger partial charge < -0.3 is 9.42 Å². The van der Waals surface area contributed by atoms with E-state index in [-0.39, 0.29) is 11.5 Å². The molecule has 1 fully saturated rings. The molecule has 1 amide bonds. The van der Waals surface area contributed by atoms with Crippen LogP contribution in [0.4, 0.5) is 13.2 Å². The molecule has 0 spiro atoms. The second kappa shape index (κ2) is 7.72. The van der Waals surface area contributed by atoms with E-state index in [0.29, 0.717) is 26.2 Å². The fourth-order valence-electron chi connectivity index (χ4n) is 3.27. The largest absolute Gasteiger partial charge is 0.416 e. The quantitative estimate of drug-likeness (QED) is 0.814. The number of rotatable bonds is 3. The number of aryl methyl sites for hydroxylation is 2. The summed E-state index contributed by atoms with van der Waals surface area (Å²) >= 11 is 0. The Bertz CT molecular complexity index is 780. The monoisotopic (exact) mass is 381 g/mol. The van der Waals surface area contributed by atoms with Gasteiger partial charge in [-0.2, -0.15) is 13.2 Å². The molecule has 0 radical (unpaired) electrons. The molecule has 146 valence electrons. The molecule has 1 saturated heterocycles. The number of carbonyl (C=O) groups is 1. The number of amides is 1. The molecule has 0 aliphatic carbocycles. The van der Waals surface area contributed by atoms with Gasteiger partial charge in [-0.15, -0.1) is 0 Å². The van der Waals surface area contributed by atoms with Gasteiger partial charge >= 0.3 is 6.18 Å². The lowest BCUT2D eigenvalue weighted by Gasteiger charge is -2.22. The fraction of sp³-hybridized carbons (Fsp3) is 0.474. The zero-order chi connectivity index (χ0) is 19.6. The van der Waals surface area contributed by atoms with E-state index in [9.17, 15) is 18.0 Å². The van der Waals surface area contributed by atoms with Crippen molar-refractivity contribution in [3.63, 3.8) is 0 Å². The smallest absolute Gasteiger partial charge is 0.361 e. The Hall–Kier alpha value is -2.35. The molecule has 8 heteroatoms. The summed E-state index contributed by atoms with van der Waals surface area (Å²) in [6, 6.07) is 4.40. The lowest BCUT2D eigenvalue weighted by atomic mass is 10.1. The average molecular weight is 381 g/mol. The minimum absolute atomic E-state index is 0.233. The van der Waals surface area contributed by atoms with Crippen molar-refractivity contribution in [2.45, 2.75) is 33.0 Å². The first-order chi connectivity index (χ1) is 12.8. The Morgan fingerprint density at radius 1 is 1.11 bits per heavy atom. The number of benzene rings is 1. The Labute approximate surface area is 155 Å². The van der Waals surface area contributed by atoms with Gasteiger partial charge in [-0.05, 0) is 44.5 Å². The molecule has 0 N–H and O–H groups in total. The summed E-state index contributed by atoms with van der Waals surface area (Å²) in [5.74, 6) is 0.567. The molecule has 2 aromatic rings. The standard InChI is InChI=1S/C19H22F3N3O2/c1-13-17(14(2)27-23-13)12-24-8-3-9-25(11-10-24)18(26)15-4-6-16(7-5-15)19(20,21)22/h4-7H,3,8-12H2,1-2H3. The molecule has 3 rings (SSSR count). The molecular formula is C19H22F3N3O2. The first kappa shape index (κ1) is 19.4. The SMILES string of the molecule is Cc1noc(C)c1CN1CCCN(C(=O)c2ccc(C(F)(F)F)cc2)CC1. The Morgan fingerprint density at radius 3 is 2.41 bits per heavy atom. The van der Waals surface area contributed by atoms with Crippen LogP contribution in [0.25, 0.3) is 0 Å². The van der Waals surface area contributed by atoms with Crippen molar-refractivity contribution in [3.05, 3.63) is 52.4 Å². The lowest BCUT2D eigenvalue weighted by molar-refractivity contribution is -0.137. The maximum Gasteiger partial charge on any atom is 0.416 e. The minimum atomic E-state index is -4.40. The zero-order valence-electron chi connectivity index (χ0n) is 15.3. The van der Waals surface area contributed by atoms with Crippen molar-refractivity contribution >= 4 is 5.91 Å². The molecule has 1 aliphatic rings. The predicted molar refractivity (Wildman–Crippen MR) is 93.2 cm³/mol. The van der Waals surface area contributed by atoms with E-state index in [1.54, 1.807) is 4.90 Å². The van der Waals surface area contributed by atoms with Gasteiger partial charge in [0.25, 0.3) is 5.91 Å². The van der Waals surface area contributed by atoms with Gasteiger partial charge in [-0.3, -0.25) is 9.69 Å². The van der Waals surface area contributed by atoms with Gasteiger partial charge in [0.1, 0.15) is 5.76 Å². The van der Waals surface area contributed by atoms with Crippen LogP contribution in [0.3, 0.4) is 0 Å². The highest BCUT2D eigenvalue weighted by molar-refractivity contribution is 5.94. The molecule has 1 aliphatic heterocycles. The maximum absolute atomic E-state index is 12.7. The summed E-state index contributed by atoms with van der Waals surface area (Å²) in [5.41, 5.74) is 1.47. The summed E-state index contributed by atoms with van der Waals surface area (Å²) in [6.07, 6.45) is -3.60. The summed E-state index contributed by atoms with van der Waals surface area (Å²) in [7, 11) is 0. The number of aromatic nitrogens is 1. The molecule has 0 saturated carbocycles. The molecule has 0 unspecified atom stereocenters. The molecule has 0 atom stereocenters. The van der Waals surface area contributed by atoms with Gasteiger partial charge in [0, 0.05) is 43.9 Å². The van der Waals surface area contributed by atoms with Crippen LogP contribution in [-0.2, 0) is 12.7 Å². The van der Waals surface area contributed by atoms with Crippen molar-refractivity contribution in [1.29, 1.82) is 0 Å². The van der Waals surface area contributed by atoms with Crippen molar-refractivity contribution in [2.75, 3.05) is 26.2 Å². The Kier molecular flexibility index (Phi) is 5.55. The highest BCUT2D eigenvalue weighted by Gasteiger charge is 2.30. The predicted octanol–water partition coefficient (Wildman–Crippen LogP) is 3.66. The van der Waals surface area contributed by atoms with Crippen molar-refractivity contribution in [3.8, 4) is 0 Å². The Morgan fingerprint density at radius 2 is 1.81 bits per heavy atom. The second-order valence-electron chi connectivity index (χ2n) is 6.80. The number of alkyl halides is 3. The number of hydrogen-bond acceptors (Lipinski definition) is 4. The second-order valence-corrected chi connectivity index (χ2v) is 6.80. The Balaban J connectivity index is 1.63. The van der Waals surface area contributed by atoms with Crippen LogP contribution < -0.4 is 0 Å². The third-order valence-electron chi connectivity index (χ3n) is 4.90. The van der Waals surface area contributed by atoms with Crippen molar-refractivity contribution in [1.82, 2.24) is 15.0 Å².